The Labute approximate surface area is 180 Å². The minimum atomic E-state index is -0.536. The molecule has 2 aromatic heterocycles. The summed E-state index contributed by atoms with van der Waals surface area (Å²) in [6.07, 6.45) is 1.17. The summed E-state index contributed by atoms with van der Waals surface area (Å²) in [6.45, 7) is 8.06. The molecule has 158 valence electrons. The number of furan rings is 1. The van der Waals surface area contributed by atoms with Gasteiger partial charge in [-0.05, 0) is 49.8 Å². The fraction of sp³-hybridized carbons (Fsp3) is 0.417. The van der Waals surface area contributed by atoms with Crippen LogP contribution in [-0.4, -0.2) is 18.4 Å². The molecule has 1 N–H and O–H groups in total. The Morgan fingerprint density at radius 1 is 1.27 bits per heavy atom. The zero-order chi connectivity index (χ0) is 21.4. The van der Waals surface area contributed by atoms with Crippen molar-refractivity contribution in [3.05, 3.63) is 68.6 Å². The highest BCUT2D eigenvalue weighted by Gasteiger charge is 2.43. The van der Waals surface area contributed by atoms with Crippen LogP contribution in [0.15, 0.2) is 56.6 Å². The van der Waals surface area contributed by atoms with Gasteiger partial charge >= 0.3 is 5.97 Å². The fourth-order valence-electron chi connectivity index (χ4n) is 4.25. The second-order valence-corrected chi connectivity index (χ2v) is 9.45. The largest absolute Gasteiger partial charge is 0.465 e. The van der Waals surface area contributed by atoms with E-state index in [1.165, 1.54) is 4.88 Å². The lowest BCUT2D eigenvalue weighted by Gasteiger charge is -2.35. The second-order valence-electron chi connectivity index (χ2n) is 8.47. The second kappa shape index (κ2) is 8.26. The van der Waals surface area contributed by atoms with Gasteiger partial charge in [-0.25, -0.2) is 4.79 Å². The number of carbonyl (C=O) groups is 2. The van der Waals surface area contributed by atoms with Crippen LogP contribution in [0.1, 0.15) is 61.8 Å². The van der Waals surface area contributed by atoms with Crippen LogP contribution >= 0.6 is 11.3 Å². The van der Waals surface area contributed by atoms with Crippen molar-refractivity contribution in [3.63, 3.8) is 0 Å². The van der Waals surface area contributed by atoms with Gasteiger partial charge in [0.1, 0.15) is 11.5 Å². The zero-order valence-electron chi connectivity index (χ0n) is 17.8. The van der Waals surface area contributed by atoms with Gasteiger partial charge < -0.3 is 14.5 Å². The minimum absolute atomic E-state index is 0.0582. The van der Waals surface area contributed by atoms with E-state index in [1.807, 2.05) is 51.3 Å². The van der Waals surface area contributed by atoms with Crippen molar-refractivity contribution in [1.29, 1.82) is 0 Å². The van der Waals surface area contributed by atoms with Gasteiger partial charge in [0.2, 0.25) is 0 Å². The van der Waals surface area contributed by atoms with E-state index in [9.17, 15) is 9.59 Å². The number of ether oxygens (including phenoxy) is 1. The molecule has 1 aliphatic heterocycles. The van der Waals surface area contributed by atoms with Crippen molar-refractivity contribution < 1.29 is 18.7 Å². The van der Waals surface area contributed by atoms with E-state index in [4.69, 9.17) is 9.15 Å². The molecule has 0 bridgehead atoms. The van der Waals surface area contributed by atoms with Crippen LogP contribution in [0.3, 0.4) is 0 Å². The molecule has 0 radical (unpaired) electrons. The quantitative estimate of drug-likeness (QED) is 0.666. The number of hydrogen-bond donors (Lipinski definition) is 1. The van der Waals surface area contributed by atoms with Crippen molar-refractivity contribution in [3.8, 4) is 0 Å². The van der Waals surface area contributed by atoms with E-state index in [0.717, 1.165) is 23.6 Å². The highest BCUT2D eigenvalue weighted by atomic mass is 32.1. The molecular formula is C24H27NO4S. The Bertz CT molecular complexity index is 1030. The van der Waals surface area contributed by atoms with Gasteiger partial charge in [0.25, 0.3) is 0 Å². The van der Waals surface area contributed by atoms with Crippen molar-refractivity contribution in [1.82, 2.24) is 5.32 Å². The Kier molecular flexibility index (Phi) is 5.69. The molecule has 4 rings (SSSR count). The highest BCUT2D eigenvalue weighted by Crippen LogP contribution is 2.46. The minimum Gasteiger partial charge on any atom is -0.465 e. The molecule has 2 aliphatic rings. The molecule has 2 atom stereocenters. The van der Waals surface area contributed by atoms with Crippen LogP contribution in [0.5, 0.6) is 0 Å². The number of dihydropyridines is 1. The maximum absolute atomic E-state index is 13.4. The number of aryl methyl sites for hydroxylation is 1. The number of hydrogen-bond acceptors (Lipinski definition) is 6. The normalized spacial score (nSPS) is 21.7. The topological polar surface area (TPSA) is 68.5 Å². The molecule has 5 nitrogen and oxygen atoms in total. The monoisotopic (exact) mass is 425 g/mol. The number of Topliss-reactive ketones (excluding diaryl/α,β-unsaturated/α-hetero) is 1. The van der Waals surface area contributed by atoms with Crippen LogP contribution in [-0.2, 0) is 14.3 Å². The Morgan fingerprint density at radius 2 is 2.07 bits per heavy atom. The molecule has 0 amide bonds. The van der Waals surface area contributed by atoms with Crippen LogP contribution in [0, 0.1) is 12.8 Å². The average molecular weight is 426 g/mol. The molecule has 0 saturated carbocycles. The van der Waals surface area contributed by atoms with Crippen molar-refractivity contribution in [2.75, 3.05) is 6.61 Å². The molecule has 0 aromatic carbocycles. The predicted octanol–water partition coefficient (Wildman–Crippen LogP) is 5.21. The standard InChI is InChI=1S/C24H27NO4S/c1-13(2)12-28-24(27)21-15(4)25-17-10-16(20-6-5-9-30-20)11-18(26)22(17)23(21)19-8-7-14(3)29-19/h5-9,13,16,23,25H,10-12H2,1-4H3/t16-,23+/m0/s1. The van der Waals surface area contributed by atoms with Gasteiger partial charge in [0.05, 0.1) is 18.1 Å². The van der Waals surface area contributed by atoms with Crippen molar-refractivity contribution in [2.45, 2.75) is 52.4 Å². The molecule has 1 aliphatic carbocycles. The van der Waals surface area contributed by atoms with Crippen LogP contribution in [0.2, 0.25) is 0 Å². The lowest BCUT2D eigenvalue weighted by atomic mass is 9.74. The van der Waals surface area contributed by atoms with E-state index < -0.39 is 11.9 Å². The lowest BCUT2D eigenvalue weighted by molar-refractivity contribution is -0.140. The highest BCUT2D eigenvalue weighted by molar-refractivity contribution is 7.10. The summed E-state index contributed by atoms with van der Waals surface area (Å²) < 4.78 is 11.5. The smallest absolute Gasteiger partial charge is 0.336 e. The van der Waals surface area contributed by atoms with Crippen molar-refractivity contribution in [2.24, 2.45) is 5.92 Å². The van der Waals surface area contributed by atoms with Gasteiger partial charge in [-0.3, -0.25) is 4.79 Å². The lowest BCUT2D eigenvalue weighted by Crippen LogP contribution is -2.36. The van der Waals surface area contributed by atoms with E-state index in [1.54, 1.807) is 11.3 Å². The first-order chi connectivity index (χ1) is 14.3. The van der Waals surface area contributed by atoms with Crippen LogP contribution < -0.4 is 5.32 Å². The summed E-state index contributed by atoms with van der Waals surface area (Å²) in [4.78, 5) is 27.6. The third kappa shape index (κ3) is 3.88. The first-order valence-corrected chi connectivity index (χ1v) is 11.2. The summed E-state index contributed by atoms with van der Waals surface area (Å²) in [5.74, 6) is 0.873. The Balaban J connectivity index is 1.75. The number of ketones is 1. The maximum atomic E-state index is 13.4. The molecule has 3 heterocycles. The fourth-order valence-corrected chi connectivity index (χ4v) is 5.08. The Hall–Kier alpha value is -2.60. The third-order valence-electron chi connectivity index (χ3n) is 5.59. The van der Waals surface area contributed by atoms with Gasteiger partial charge in [-0.1, -0.05) is 19.9 Å². The molecule has 6 heteroatoms. The summed E-state index contributed by atoms with van der Waals surface area (Å²) in [5, 5.41) is 5.41. The van der Waals surface area contributed by atoms with Crippen LogP contribution in [0.25, 0.3) is 0 Å². The SMILES string of the molecule is CC1=C(C(=O)OCC(C)C)[C@@H](c2ccc(C)o2)C2=C(C[C@H](c3cccs3)CC2=O)N1. The number of esters is 1. The van der Waals surface area contributed by atoms with E-state index in [-0.39, 0.29) is 17.6 Å². The van der Waals surface area contributed by atoms with E-state index in [0.29, 0.717) is 29.9 Å². The first kappa shape index (κ1) is 20.7. The predicted molar refractivity (Wildman–Crippen MR) is 116 cm³/mol. The molecule has 0 unspecified atom stereocenters. The Morgan fingerprint density at radius 3 is 2.70 bits per heavy atom. The van der Waals surface area contributed by atoms with Gasteiger partial charge in [-0.15, -0.1) is 11.3 Å². The number of carbonyl (C=O) groups excluding carboxylic acids is 2. The summed E-state index contributed by atoms with van der Waals surface area (Å²) in [5.41, 5.74) is 2.72. The number of allylic oxidation sites excluding steroid dienone is 3. The van der Waals surface area contributed by atoms with Crippen LogP contribution in [0.4, 0.5) is 0 Å². The number of thiophene rings is 1. The molecule has 0 fully saturated rings. The molecular weight excluding hydrogens is 398 g/mol. The zero-order valence-corrected chi connectivity index (χ0v) is 18.6. The summed E-state index contributed by atoms with van der Waals surface area (Å²) in [6, 6.07) is 7.83. The summed E-state index contributed by atoms with van der Waals surface area (Å²) in [7, 11) is 0. The molecule has 2 aromatic rings. The molecule has 30 heavy (non-hydrogen) atoms. The van der Waals surface area contributed by atoms with Crippen molar-refractivity contribution >= 4 is 23.1 Å². The van der Waals surface area contributed by atoms with Gasteiger partial charge in [0.15, 0.2) is 5.78 Å². The molecule has 0 saturated heterocycles. The molecule has 0 spiro atoms. The maximum Gasteiger partial charge on any atom is 0.336 e. The number of rotatable bonds is 5. The first-order valence-electron chi connectivity index (χ1n) is 10.4. The van der Waals surface area contributed by atoms with E-state index in [2.05, 4.69) is 11.4 Å². The average Bonchev–Trinajstić information content (AvgIpc) is 3.36. The third-order valence-corrected chi connectivity index (χ3v) is 6.62. The van der Waals surface area contributed by atoms with E-state index >= 15 is 0 Å². The van der Waals surface area contributed by atoms with Gasteiger partial charge in [0, 0.05) is 34.2 Å². The summed E-state index contributed by atoms with van der Waals surface area (Å²) >= 11 is 1.68. The van der Waals surface area contributed by atoms with Gasteiger partial charge in [-0.2, -0.15) is 0 Å². The number of nitrogens with one attached hydrogen (secondary N) is 1.